The molecule has 2 N–H and O–H groups in total. The number of fused-ring (bicyclic) bond motifs is 2. The predicted molar refractivity (Wildman–Crippen MR) is 197 cm³/mol. The molecule has 2 aliphatic heterocycles. The predicted octanol–water partition coefficient (Wildman–Crippen LogP) is 3.93. The van der Waals surface area contributed by atoms with E-state index in [0.29, 0.717) is 36.8 Å². The molecule has 0 saturated carbocycles. The molecule has 2 aromatic heterocycles. The van der Waals surface area contributed by atoms with Gasteiger partial charge in [0.15, 0.2) is 0 Å². The number of pyridine rings is 2. The molecule has 0 radical (unpaired) electrons. The first-order valence-electron chi connectivity index (χ1n) is 19.3. The minimum atomic E-state index is -0.397. The first-order valence-corrected chi connectivity index (χ1v) is 19.3. The molecule has 6 unspecified atom stereocenters. The fourth-order valence-corrected chi connectivity index (χ4v) is 11.8. The average Bonchev–Trinajstić information content (AvgIpc) is 3.06. The molecule has 10 heteroatoms. The van der Waals surface area contributed by atoms with Gasteiger partial charge < -0.3 is 19.8 Å². The number of amides is 2. The Morgan fingerprint density at radius 1 is 0.725 bits per heavy atom. The number of likely N-dealkylation sites (N-methyl/N-ethyl adjacent to an activating group) is 2. The summed E-state index contributed by atoms with van der Waals surface area (Å²) in [5, 5.41) is 0. The Labute approximate surface area is 301 Å². The molecular formula is C41H54N6O4. The summed E-state index contributed by atoms with van der Waals surface area (Å²) in [5.74, 6) is 1.72. The second kappa shape index (κ2) is 13.0. The van der Waals surface area contributed by atoms with Crippen LogP contribution in [0.1, 0.15) is 81.3 Å². The third-order valence-electron chi connectivity index (χ3n) is 13.4. The highest BCUT2D eigenvalue weighted by molar-refractivity contribution is 5.80. The molecule has 2 aromatic rings. The van der Waals surface area contributed by atoms with Crippen molar-refractivity contribution in [3.63, 3.8) is 0 Å². The minimum absolute atomic E-state index is 0.0750. The van der Waals surface area contributed by atoms with Gasteiger partial charge in [0, 0.05) is 36.6 Å². The van der Waals surface area contributed by atoms with Gasteiger partial charge in [0.1, 0.15) is 0 Å². The van der Waals surface area contributed by atoms with Crippen molar-refractivity contribution in [1.82, 2.24) is 29.6 Å². The Morgan fingerprint density at radius 3 is 1.59 bits per heavy atom. The van der Waals surface area contributed by atoms with Crippen molar-refractivity contribution in [2.75, 3.05) is 53.4 Å². The molecule has 8 rings (SSSR count). The SMILES string of the molecule is CC1=CC2Cc3[nH]c(=O)ccc3C3(C1)C2CCCN3C(=O)CN(C)CCCN(C)CC(=O)N1CCCC2C3C=C(C)CC21c1ccc(=O)[nH]c1C3. The van der Waals surface area contributed by atoms with Crippen molar-refractivity contribution in [3.05, 3.63) is 90.8 Å². The lowest BCUT2D eigenvalue weighted by molar-refractivity contribution is -0.149. The molecule has 6 atom stereocenters. The second-order valence-electron chi connectivity index (χ2n) is 16.8. The monoisotopic (exact) mass is 694 g/mol. The molecule has 2 fully saturated rings. The van der Waals surface area contributed by atoms with Gasteiger partial charge in [0.25, 0.3) is 0 Å². The number of likely N-dealkylation sites (tertiary alicyclic amines) is 2. The molecule has 51 heavy (non-hydrogen) atoms. The van der Waals surface area contributed by atoms with Crippen molar-refractivity contribution < 1.29 is 9.59 Å². The van der Waals surface area contributed by atoms with Crippen LogP contribution in [-0.4, -0.2) is 94.7 Å². The molecule has 4 aliphatic carbocycles. The zero-order valence-corrected chi connectivity index (χ0v) is 30.8. The van der Waals surface area contributed by atoms with Gasteiger partial charge in [-0.15, -0.1) is 0 Å². The van der Waals surface area contributed by atoms with Crippen LogP contribution in [0.15, 0.2) is 57.2 Å². The highest BCUT2D eigenvalue weighted by Gasteiger charge is 2.58. The fraction of sp³-hybridized carbons (Fsp3) is 0.610. The summed E-state index contributed by atoms with van der Waals surface area (Å²) in [6.45, 7) is 8.05. The van der Waals surface area contributed by atoms with Gasteiger partial charge in [0.2, 0.25) is 22.9 Å². The van der Waals surface area contributed by atoms with E-state index in [1.165, 1.54) is 11.1 Å². The first kappa shape index (κ1) is 34.3. The van der Waals surface area contributed by atoms with Crippen LogP contribution < -0.4 is 11.1 Å². The summed E-state index contributed by atoms with van der Waals surface area (Å²) in [5.41, 5.74) is 5.98. The van der Waals surface area contributed by atoms with E-state index < -0.39 is 11.1 Å². The number of aromatic amines is 2. The van der Waals surface area contributed by atoms with Crippen LogP contribution in [0.25, 0.3) is 0 Å². The van der Waals surface area contributed by atoms with Crippen molar-refractivity contribution in [3.8, 4) is 0 Å². The molecule has 0 spiro atoms. The smallest absolute Gasteiger partial charge is 0.248 e. The number of nitrogens with zero attached hydrogens (tertiary/aromatic N) is 4. The third kappa shape index (κ3) is 5.68. The molecule has 0 aromatic carbocycles. The van der Waals surface area contributed by atoms with Crippen molar-refractivity contribution in [1.29, 1.82) is 0 Å². The molecule has 4 heterocycles. The van der Waals surface area contributed by atoms with E-state index in [1.54, 1.807) is 12.1 Å². The molecule has 272 valence electrons. The van der Waals surface area contributed by atoms with Gasteiger partial charge in [-0.05, 0) is 146 Å². The highest BCUT2D eigenvalue weighted by atomic mass is 16.2. The Balaban J connectivity index is 0.912. The highest BCUT2D eigenvalue weighted by Crippen LogP contribution is 2.58. The van der Waals surface area contributed by atoms with Crippen molar-refractivity contribution in [2.45, 2.75) is 82.7 Å². The fourth-order valence-electron chi connectivity index (χ4n) is 11.8. The van der Waals surface area contributed by atoms with Gasteiger partial charge in [-0.2, -0.15) is 0 Å². The van der Waals surface area contributed by atoms with Crippen LogP contribution in [0, 0.1) is 23.7 Å². The minimum Gasteiger partial charge on any atom is -0.331 e. The van der Waals surface area contributed by atoms with E-state index in [1.807, 2.05) is 26.2 Å². The van der Waals surface area contributed by atoms with Crippen LogP contribution in [0.2, 0.25) is 0 Å². The Hall–Kier alpha value is -3.76. The standard InChI is InChI=1S/C41H54N6O4/c1-26-18-28-20-34-32(10-12-36(48)42-34)40(22-26)30(28)8-5-16-46(40)38(50)24-44(3)14-7-15-45(4)25-39(51)47-17-6-9-31-29-19-27(2)23-41(31,47)33-11-13-37(49)43-35(33)21-29/h10-13,18-19,28-31H,5-9,14-17,20-25H2,1-4H3,(H,42,48)(H,43,49). The third-order valence-corrected chi connectivity index (χ3v) is 13.4. The van der Waals surface area contributed by atoms with Crippen molar-refractivity contribution >= 4 is 11.8 Å². The maximum Gasteiger partial charge on any atom is 0.248 e. The van der Waals surface area contributed by atoms with Gasteiger partial charge in [-0.1, -0.05) is 23.3 Å². The Kier molecular flexibility index (Phi) is 8.77. The largest absolute Gasteiger partial charge is 0.331 e. The lowest BCUT2D eigenvalue weighted by atomic mass is 9.56. The molecular weight excluding hydrogens is 640 g/mol. The summed E-state index contributed by atoms with van der Waals surface area (Å²) in [6.07, 6.45) is 13.1. The van der Waals surface area contributed by atoms with Gasteiger partial charge in [0.05, 0.1) is 24.2 Å². The number of rotatable bonds is 8. The van der Waals surface area contributed by atoms with Crippen LogP contribution in [0.4, 0.5) is 0 Å². The number of hydrogen-bond donors (Lipinski definition) is 2. The number of nitrogens with one attached hydrogen (secondary N) is 2. The first-order chi connectivity index (χ1) is 24.5. The van der Waals surface area contributed by atoms with Crippen molar-refractivity contribution in [2.24, 2.45) is 23.7 Å². The number of piperidine rings is 2. The number of carbonyl (C=O) groups is 2. The molecule has 10 nitrogen and oxygen atoms in total. The molecule has 2 saturated heterocycles. The van der Waals surface area contributed by atoms with E-state index in [-0.39, 0.29) is 22.9 Å². The summed E-state index contributed by atoms with van der Waals surface area (Å²) in [6, 6.07) is 7.24. The average molecular weight is 695 g/mol. The maximum absolute atomic E-state index is 14.2. The van der Waals surface area contributed by atoms with E-state index in [0.717, 1.165) is 106 Å². The van der Waals surface area contributed by atoms with Crippen LogP contribution in [0.5, 0.6) is 0 Å². The lowest BCUT2D eigenvalue weighted by Gasteiger charge is -2.59. The van der Waals surface area contributed by atoms with E-state index in [9.17, 15) is 19.2 Å². The summed E-state index contributed by atoms with van der Waals surface area (Å²) in [7, 11) is 4.05. The number of carbonyl (C=O) groups excluding carboxylic acids is 2. The summed E-state index contributed by atoms with van der Waals surface area (Å²) < 4.78 is 0. The number of aromatic nitrogens is 2. The van der Waals surface area contributed by atoms with Crippen LogP contribution in [-0.2, 0) is 33.5 Å². The van der Waals surface area contributed by atoms with E-state index in [4.69, 9.17) is 0 Å². The van der Waals surface area contributed by atoms with Gasteiger partial charge in [-0.25, -0.2) is 0 Å². The Bertz CT molecular complexity index is 1780. The number of allylic oxidation sites excluding steroid dienone is 2. The van der Waals surface area contributed by atoms with Gasteiger partial charge in [-0.3, -0.25) is 29.0 Å². The number of hydrogen-bond acceptors (Lipinski definition) is 6. The zero-order chi connectivity index (χ0) is 35.7. The van der Waals surface area contributed by atoms with Gasteiger partial charge >= 0.3 is 0 Å². The van der Waals surface area contributed by atoms with E-state index >= 15 is 0 Å². The molecule has 6 aliphatic rings. The van der Waals surface area contributed by atoms with E-state index in [2.05, 4.69) is 55.6 Å². The molecule has 4 bridgehead atoms. The quantitative estimate of drug-likeness (QED) is 0.406. The summed E-state index contributed by atoms with van der Waals surface area (Å²) in [4.78, 5) is 67.8. The normalized spacial score (nSPS) is 30.5. The number of H-pyrrole nitrogens is 2. The Morgan fingerprint density at radius 2 is 1.16 bits per heavy atom. The lowest BCUT2D eigenvalue weighted by Crippen LogP contribution is -2.63. The maximum atomic E-state index is 14.2. The van der Waals surface area contributed by atoms with Crippen LogP contribution in [0.3, 0.4) is 0 Å². The topological polar surface area (TPSA) is 113 Å². The second-order valence-corrected chi connectivity index (χ2v) is 16.8. The molecule has 2 amide bonds. The summed E-state index contributed by atoms with van der Waals surface area (Å²) >= 11 is 0. The van der Waals surface area contributed by atoms with Crippen LogP contribution >= 0.6 is 0 Å². The zero-order valence-electron chi connectivity index (χ0n) is 30.8.